The van der Waals surface area contributed by atoms with Crippen molar-refractivity contribution in [3.63, 3.8) is 0 Å². The van der Waals surface area contributed by atoms with Crippen molar-refractivity contribution in [2.75, 3.05) is 6.54 Å². The molecule has 0 radical (unpaired) electrons. The zero-order chi connectivity index (χ0) is 8.98. The average Bonchev–Trinajstić information content (AvgIpc) is 2.53. The fraction of sp³-hybridized carbons (Fsp3) is 1.00. The van der Waals surface area contributed by atoms with E-state index in [1.807, 2.05) is 0 Å². The molecule has 2 aliphatic carbocycles. The fourth-order valence-electron chi connectivity index (χ4n) is 3.35. The SMILES string of the molecule is CC1(C)C2CCC(CN)(C2)C1O.Cl. The van der Waals surface area contributed by atoms with Crippen LogP contribution in [0.1, 0.15) is 33.1 Å². The van der Waals surface area contributed by atoms with E-state index in [1.165, 1.54) is 6.42 Å². The summed E-state index contributed by atoms with van der Waals surface area (Å²) in [5.41, 5.74) is 5.94. The topological polar surface area (TPSA) is 46.2 Å². The molecule has 0 saturated heterocycles. The standard InChI is InChI=1S/C10H19NO.ClH/c1-9(2)7-3-4-10(5-7,6-11)8(9)12;/h7-8,12H,3-6,11H2,1-2H3;1H. The van der Waals surface area contributed by atoms with Gasteiger partial charge < -0.3 is 10.8 Å². The summed E-state index contributed by atoms with van der Waals surface area (Å²) in [5, 5.41) is 10.1. The van der Waals surface area contributed by atoms with E-state index in [-0.39, 0.29) is 29.3 Å². The molecule has 2 saturated carbocycles. The second-order valence-corrected chi connectivity index (χ2v) is 5.23. The first kappa shape index (κ1) is 11.3. The molecule has 78 valence electrons. The summed E-state index contributed by atoms with van der Waals surface area (Å²) in [7, 11) is 0. The lowest BCUT2D eigenvalue weighted by Gasteiger charge is -2.40. The van der Waals surface area contributed by atoms with E-state index in [0.29, 0.717) is 12.5 Å². The lowest BCUT2D eigenvalue weighted by atomic mass is 9.69. The number of hydrogen-bond donors (Lipinski definition) is 2. The molecule has 2 aliphatic rings. The van der Waals surface area contributed by atoms with Gasteiger partial charge in [-0.2, -0.15) is 0 Å². The lowest BCUT2D eigenvalue weighted by Crippen LogP contribution is -2.45. The predicted octanol–water partition coefficient (Wildman–Crippen LogP) is 1.55. The summed E-state index contributed by atoms with van der Waals surface area (Å²) in [6, 6.07) is 0. The van der Waals surface area contributed by atoms with E-state index in [1.54, 1.807) is 0 Å². The van der Waals surface area contributed by atoms with Crippen LogP contribution in [0.3, 0.4) is 0 Å². The van der Waals surface area contributed by atoms with Crippen LogP contribution in [-0.2, 0) is 0 Å². The Balaban J connectivity index is 0.000000845. The lowest BCUT2D eigenvalue weighted by molar-refractivity contribution is -0.0379. The van der Waals surface area contributed by atoms with E-state index < -0.39 is 0 Å². The van der Waals surface area contributed by atoms with Gasteiger partial charge in [-0.3, -0.25) is 0 Å². The maximum Gasteiger partial charge on any atom is 0.0662 e. The second kappa shape index (κ2) is 3.11. The smallest absolute Gasteiger partial charge is 0.0662 e. The molecule has 3 heteroatoms. The highest BCUT2D eigenvalue weighted by Crippen LogP contribution is 2.61. The van der Waals surface area contributed by atoms with Crippen LogP contribution in [0.25, 0.3) is 0 Å². The molecule has 2 fully saturated rings. The fourth-order valence-corrected chi connectivity index (χ4v) is 3.35. The largest absolute Gasteiger partial charge is 0.392 e. The molecule has 2 bridgehead atoms. The molecule has 0 aromatic rings. The van der Waals surface area contributed by atoms with Gasteiger partial charge in [0.25, 0.3) is 0 Å². The molecule has 0 heterocycles. The molecule has 3 unspecified atom stereocenters. The number of rotatable bonds is 1. The van der Waals surface area contributed by atoms with Crippen LogP contribution in [0.5, 0.6) is 0 Å². The van der Waals surface area contributed by atoms with E-state index in [4.69, 9.17) is 5.73 Å². The highest BCUT2D eigenvalue weighted by atomic mass is 35.5. The van der Waals surface area contributed by atoms with Gasteiger partial charge in [-0.25, -0.2) is 0 Å². The van der Waals surface area contributed by atoms with Crippen molar-refractivity contribution in [3.05, 3.63) is 0 Å². The van der Waals surface area contributed by atoms with Gasteiger partial charge in [-0.15, -0.1) is 12.4 Å². The number of aliphatic hydroxyl groups is 1. The van der Waals surface area contributed by atoms with Gasteiger partial charge in [0, 0.05) is 12.0 Å². The van der Waals surface area contributed by atoms with E-state index >= 15 is 0 Å². The molecule has 13 heavy (non-hydrogen) atoms. The molecular weight excluding hydrogens is 186 g/mol. The average molecular weight is 206 g/mol. The Kier molecular flexibility index (Phi) is 2.70. The summed E-state index contributed by atoms with van der Waals surface area (Å²) in [6.07, 6.45) is 3.38. The van der Waals surface area contributed by atoms with Gasteiger partial charge in [0.1, 0.15) is 0 Å². The van der Waals surface area contributed by atoms with Crippen LogP contribution < -0.4 is 5.73 Å². The van der Waals surface area contributed by atoms with E-state index in [9.17, 15) is 5.11 Å². The summed E-state index contributed by atoms with van der Waals surface area (Å²) in [4.78, 5) is 0. The molecular formula is C10H20ClNO. The van der Waals surface area contributed by atoms with Crippen LogP contribution in [-0.4, -0.2) is 17.8 Å². The normalized spacial score (nSPS) is 46.2. The minimum atomic E-state index is -0.172. The van der Waals surface area contributed by atoms with Crippen LogP contribution >= 0.6 is 12.4 Å². The monoisotopic (exact) mass is 205 g/mol. The van der Waals surface area contributed by atoms with Gasteiger partial charge >= 0.3 is 0 Å². The van der Waals surface area contributed by atoms with Crippen LogP contribution in [0.15, 0.2) is 0 Å². The van der Waals surface area contributed by atoms with Crippen molar-refractivity contribution >= 4 is 12.4 Å². The zero-order valence-electron chi connectivity index (χ0n) is 8.42. The Morgan fingerprint density at radius 3 is 2.38 bits per heavy atom. The molecule has 2 nitrogen and oxygen atoms in total. The number of halogens is 1. The van der Waals surface area contributed by atoms with Crippen molar-refractivity contribution in [2.24, 2.45) is 22.5 Å². The quantitative estimate of drug-likeness (QED) is 0.683. The Bertz CT molecular complexity index is 207. The number of fused-ring (bicyclic) bond motifs is 2. The Hall–Kier alpha value is 0.210. The minimum Gasteiger partial charge on any atom is -0.392 e. The maximum absolute atomic E-state index is 10.1. The molecule has 3 N–H and O–H groups in total. The van der Waals surface area contributed by atoms with Gasteiger partial charge in [-0.05, 0) is 30.6 Å². The molecule has 3 atom stereocenters. The van der Waals surface area contributed by atoms with Crippen LogP contribution in [0.2, 0.25) is 0 Å². The van der Waals surface area contributed by atoms with E-state index in [0.717, 1.165) is 12.8 Å². The number of aliphatic hydroxyl groups excluding tert-OH is 1. The van der Waals surface area contributed by atoms with Crippen molar-refractivity contribution in [1.82, 2.24) is 0 Å². The van der Waals surface area contributed by atoms with Gasteiger partial charge in [-0.1, -0.05) is 13.8 Å². The molecule has 0 amide bonds. The third-order valence-corrected chi connectivity index (χ3v) is 4.39. The van der Waals surface area contributed by atoms with Crippen molar-refractivity contribution < 1.29 is 5.11 Å². The van der Waals surface area contributed by atoms with Crippen LogP contribution in [0.4, 0.5) is 0 Å². The first-order chi connectivity index (χ1) is 5.53. The Morgan fingerprint density at radius 2 is 2.08 bits per heavy atom. The summed E-state index contributed by atoms with van der Waals surface area (Å²) < 4.78 is 0. The van der Waals surface area contributed by atoms with Gasteiger partial charge in [0.15, 0.2) is 0 Å². The van der Waals surface area contributed by atoms with Gasteiger partial charge in [0.2, 0.25) is 0 Å². The predicted molar refractivity (Wildman–Crippen MR) is 55.9 cm³/mol. The maximum atomic E-state index is 10.1. The minimum absolute atomic E-state index is 0. The van der Waals surface area contributed by atoms with Crippen molar-refractivity contribution in [2.45, 2.75) is 39.2 Å². The third-order valence-electron chi connectivity index (χ3n) is 4.39. The first-order valence-corrected chi connectivity index (χ1v) is 4.91. The van der Waals surface area contributed by atoms with Crippen LogP contribution in [0, 0.1) is 16.7 Å². The Morgan fingerprint density at radius 1 is 1.46 bits per heavy atom. The van der Waals surface area contributed by atoms with E-state index in [2.05, 4.69) is 13.8 Å². The summed E-state index contributed by atoms with van der Waals surface area (Å²) >= 11 is 0. The molecule has 0 aromatic carbocycles. The molecule has 0 spiro atoms. The van der Waals surface area contributed by atoms with Gasteiger partial charge in [0.05, 0.1) is 6.10 Å². The number of hydrogen-bond acceptors (Lipinski definition) is 2. The molecule has 0 aromatic heterocycles. The Labute approximate surface area is 86.3 Å². The zero-order valence-corrected chi connectivity index (χ0v) is 9.23. The van der Waals surface area contributed by atoms with Crippen molar-refractivity contribution in [3.8, 4) is 0 Å². The first-order valence-electron chi connectivity index (χ1n) is 4.91. The third kappa shape index (κ3) is 1.23. The molecule has 0 aliphatic heterocycles. The second-order valence-electron chi connectivity index (χ2n) is 5.23. The molecule has 2 rings (SSSR count). The summed E-state index contributed by atoms with van der Waals surface area (Å²) in [6.45, 7) is 5.02. The number of nitrogens with two attached hydrogens (primary N) is 1. The highest BCUT2D eigenvalue weighted by molar-refractivity contribution is 5.85. The highest BCUT2D eigenvalue weighted by Gasteiger charge is 2.60. The van der Waals surface area contributed by atoms with Crippen molar-refractivity contribution in [1.29, 1.82) is 0 Å². The summed E-state index contributed by atoms with van der Waals surface area (Å²) in [5.74, 6) is 0.705.